The van der Waals surface area contributed by atoms with E-state index in [-0.39, 0.29) is 0 Å². The van der Waals surface area contributed by atoms with Crippen LogP contribution in [-0.4, -0.2) is 18.5 Å². The maximum atomic E-state index is 12.6. The molecule has 1 rings (SSSR count). The molecule has 0 aromatic carbocycles. The minimum Gasteiger partial charge on any atom is -0.506 e. The number of halogens is 2. The van der Waals surface area contributed by atoms with Gasteiger partial charge in [-0.1, -0.05) is 0 Å². The van der Waals surface area contributed by atoms with Crippen molar-refractivity contribution in [3.63, 3.8) is 0 Å². The van der Waals surface area contributed by atoms with E-state index in [1.54, 1.807) is 0 Å². The third-order valence-corrected chi connectivity index (χ3v) is 2.37. The SMILES string of the molecule is O=S(=O)(Cl)c1cc(O)cnc1F. The Morgan fingerprint density at radius 3 is 2.58 bits per heavy atom. The van der Waals surface area contributed by atoms with Crippen molar-refractivity contribution in [3.05, 3.63) is 18.2 Å². The van der Waals surface area contributed by atoms with Crippen LogP contribution in [0.2, 0.25) is 0 Å². The molecular weight excluding hydrogens is 209 g/mol. The molecule has 12 heavy (non-hydrogen) atoms. The van der Waals surface area contributed by atoms with Gasteiger partial charge in [0.15, 0.2) is 0 Å². The summed E-state index contributed by atoms with van der Waals surface area (Å²) in [5, 5.41) is 8.75. The highest BCUT2D eigenvalue weighted by atomic mass is 35.7. The molecular formula is C5H3ClFNO3S. The standard InChI is InChI=1S/C5H3ClFNO3S/c6-12(10,11)4-1-3(9)2-8-5(4)7/h1-2,9H. The molecule has 0 amide bonds. The lowest BCUT2D eigenvalue weighted by molar-refractivity contribution is 0.459. The molecule has 1 aromatic heterocycles. The van der Waals surface area contributed by atoms with Gasteiger partial charge in [0.2, 0.25) is 5.95 Å². The van der Waals surface area contributed by atoms with Crippen LogP contribution in [0.25, 0.3) is 0 Å². The van der Waals surface area contributed by atoms with E-state index in [9.17, 15) is 12.8 Å². The van der Waals surface area contributed by atoms with Crippen LogP contribution in [-0.2, 0) is 9.05 Å². The number of hydrogen-bond donors (Lipinski definition) is 1. The first-order chi connectivity index (χ1) is 5.41. The van der Waals surface area contributed by atoms with Crippen LogP contribution in [0.15, 0.2) is 17.2 Å². The topological polar surface area (TPSA) is 67.3 Å². The number of rotatable bonds is 1. The first kappa shape index (κ1) is 9.21. The van der Waals surface area contributed by atoms with Crippen molar-refractivity contribution >= 4 is 19.7 Å². The molecule has 1 aromatic rings. The number of pyridine rings is 1. The quantitative estimate of drug-likeness (QED) is 0.553. The lowest BCUT2D eigenvalue weighted by atomic mass is 10.5. The van der Waals surface area contributed by atoms with E-state index in [1.807, 2.05) is 0 Å². The van der Waals surface area contributed by atoms with Crippen molar-refractivity contribution in [2.75, 3.05) is 0 Å². The van der Waals surface area contributed by atoms with Gasteiger partial charge in [0, 0.05) is 16.7 Å². The molecule has 1 N–H and O–H groups in total. The molecule has 0 saturated heterocycles. The fraction of sp³-hybridized carbons (Fsp3) is 0. The minimum absolute atomic E-state index is 0.462. The predicted molar refractivity (Wildman–Crippen MR) is 38.9 cm³/mol. The zero-order valence-electron chi connectivity index (χ0n) is 5.53. The summed E-state index contributed by atoms with van der Waals surface area (Å²) in [7, 11) is 0.636. The Morgan fingerprint density at radius 2 is 2.17 bits per heavy atom. The van der Waals surface area contributed by atoms with Gasteiger partial charge in [-0.25, -0.2) is 13.4 Å². The Bertz CT molecular complexity index is 405. The van der Waals surface area contributed by atoms with Gasteiger partial charge in [0.25, 0.3) is 9.05 Å². The first-order valence-electron chi connectivity index (χ1n) is 2.70. The van der Waals surface area contributed by atoms with Gasteiger partial charge >= 0.3 is 0 Å². The van der Waals surface area contributed by atoms with E-state index < -0.39 is 25.6 Å². The Balaban J connectivity index is 3.43. The van der Waals surface area contributed by atoms with Crippen LogP contribution in [0.1, 0.15) is 0 Å². The fourth-order valence-corrected chi connectivity index (χ4v) is 1.43. The highest BCUT2D eigenvalue weighted by molar-refractivity contribution is 8.13. The van der Waals surface area contributed by atoms with Gasteiger partial charge in [-0.2, -0.15) is 4.39 Å². The number of aromatic nitrogens is 1. The van der Waals surface area contributed by atoms with E-state index in [0.29, 0.717) is 6.07 Å². The average molecular weight is 212 g/mol. The zero-order chi connectivity index (χ0) is 9.35. The van der Waals surface area contributed by atoms with Gasteiger partial charge in [-0.15, -0.1) is 0 Å². The molecule has 0 radical (unpaired) electrons. The van der Waals surface area contributed by atoms with Crippen LogP contribution in [0.3, 0.4) is 0 Å². The summed E-state index contributed by atoms with van der Waals surface area (Å²) in [4.78, 5) is 2.14. The van der Waals surface area contributed by atoms with Crippen LogP contribution in [0.4, 0.5) is 4.39 Å². The van der Waals surface area contributed by atoms with E-state index in [4.69, 9.17) is 15.8 Å². The van der Waals surface area contributed by atoms with Gasteiger partial charge in [0.1, 0.15) is 10.6 Å². The molecule has 0 spiro atoms. The Kier molecular flexibility index (Phi) is 2.20. The minimum atomic E-state index is -4.18. The molecule has 4 nitrogen and oxygen atoms in total. The molecule has 0 fully saturated rings. The summed E-state index contributed by atoms with van der Waals surface area (Å²) in [6.45, 7) is 0. The van der Waals surface area contributed by atoms with Crippen molar-refractivity contribution in [1.82, 2.24) is 4.98 Å². The van der Waals surface area contributed by atoms with Gasteiger partial charge in [0.05, 0.1) is 6.20 Å². The molecule has 0 unspecified atom stereocenters. The monoisotopic (exact) mass is 211 g/mol. The van der Waals surface area contributed by atoms with Gasteiger partial charge in [-0.05, 0) is 0 Å². The van der Waals surface area contributed by atoms with Crippen LogP contribution in [0, 0.1) is 5.95 Å². The second-order valence-corrected chi connectivity index (χ2v) is 4.45. The smallest absolute Gasteiger partial charge is 0.265 e. The summed E-state index contributed by atoms with van der Waals surface area (Å²) >= 11 is 0. The maximum absolute atomic E-state index is 12.6. The second-order valence-electron chi connectivity index (χ2n) is 1.92. The summed E-state index contributed by atoms with van der Waals surface area (Å²) in [6.07, 6.45) is 0.779. The largest absolute Gasteiger partial charge is 0.506 e. The number of hydrogen-bond acceptors (Lipinski definition) is 4. The molecule has 66 valence electrons. The first-order valence-corrected chi connectivity index (χ1v) is 5.01. The Labute approximate surface area is 72.0 Å². The molecule has 0 saturated carbocycles. The third-order valence-electron chi connectivity index (χ3n) is 1.06. The fourth-order valence-electron chi connectivity index (χ4n) is 0.589. The summed E-state index contributed by atoms with van der Waals surface area (Å²) < 4.78 is 33.7. The molecule has 7 heteroatoms. The summed E-state index contributed by atoms with van der Waals surface area (Å²) in [5.41, 5.74) is 0. The summed E-state index contributed by atoms with van der Waals surface area (Å²) in [5.74, 6) is -1.70. The Morgan fingerprint density at radius 1 is 1.58 bits per heavy atom. The van der Waals surface area contributed by atoms with Crippen molar-refractivity contribution in [2.45, 2.75) is 4.90 Å². The highest BCUT2D eigenvalue weighted by Crippen LogP contribution is 2.20. The van der Waals surface area contributed by atoms with E-state index in [2.05, 4.69) is 4.98 Å². The summed E-state index contributed by atoms with van der Waals surface area (Å²) in [6, 6.07) is 0.685. The van der Waals surface area contributed by atoms with E-state index in [1.165, 1.54) is 0 Å². The van der Waals surface area contributed by atoms with Crippen molar-refractivity contribution in [2.24, 2.45) is 0 Å². The van der Waals surface area contributed by atoms with Crippen LogP contribution in [0.5, 0.6) is 5.75 Å². The predicted octanol–water partition coefficient (Wildman–Crippen LogP) is 0.854. The average Bonchev–Trinajstić information content (AvgIpc) is 1.92. The zero-order valence-corrected chi connectivity index (χ0v) is 7.10. The van der Waals surface area contributed by atoms with Crippen molar-refractivity contribution < 1.29 is 17.9 Å². The normalized spacial score (nSPS) is 11.5. The van der Waals surface area contributed by atoms with E-state index in [0.717, 1.165) is 6.20 Å². The second kappa shape index (κ2) is 2.87. The van der Waals surface area contributed by atoms with Crippen LogP contribution >= 0.6 is 10.7 Å². The van der Waals surface area contributed by atoms with Crippen molar-refractivity contribution in [1.29, 1.82) is 0 Å². The van der Waals surface area contributed by atoms with Crippen LogP contribution < -0.4 is 0 Å². The molecule has 0 bridgehead atoms. The van der Waals surface area contributed by atoms with Gasteiger partial charge in [-0.3, -0.25) is 0 Å². The molecule has 0 aliphatic rings. The number of aromatic hydroxyl groups is 1. The van der Waals surface area contributed by atoms with Crippen molar-refractivity contribution in [3.8, 4) is 5.75 Å². The molecule has 0 aliphatic carbocycles. The molecule has 1 heterocycles. The maximum Gasteiger partial charge on any atom is 0.265 e. The molecule has 0 aliphatic heterocycles. The lowest BCUT2D eigenvalue weighted by Gasteiger charge is -1.97. The third kappa shape index (κ3) is 1.83. The van der Waals surface area contributed by atoms with E-state index >= 15 is 0 Å². The van der Waals surface area contributed by atoms with Gasteiger partial charge < -0.3 is 5.11 Å². The lowest BCUT2D eigenvalue weighted by Crippen LogP contribution is -1.97. The molecule has 0 atom stereocenters. The highest BCUT2D eigenvalue weighted by Gasteiger charge is 2.17. The number of nitrogens with zero attached hydrogens (tertiary/aromatic N) is 1. The Hall–Kier alpha value is -0.880.